The predicted octanol–water partition coefficient (Wildman–Crippen LogP) is 5.30. The molecular weight excluding hydrogens is 416 g/mol. The number of carbonyl (C=O) groups is 2. The second kappa shape index (κ2) is 13.3. The van der Waals surface area contributed by atoms with Crippen molar-refractivity contribution in [2.45, 2.75) is 51.4 Å². The summed E-state index contributed by atoms with van der Waals surface area (Å²) in [6, 6.07) is 17.1. The Labute approximate surface area is 189 Å². The van der Waals surface area contributed by atoms with Gasteiger partial charge >= 0.3 is 0 Å². The third-order valence-electron chi connectivity index (χ3n) is 4.81. The van der Waals surface area contributed by atoms with E-state index in [0.717, 1.165) is 24.2 Å². The fourth-order valence-electron chi connectivity index (χ4n) is 3.02. The normalized spacial score (nSPS) is 11.7. The molecule has 2 rings (SSSR count). The molecule has 0 radical (unpaired) electrons. The van der Waals surface area contributed by atoms with E-state index in [-0.39, 0.29) is 11.8 Å². The molecule has 6 heteroatoms. The van der Waals surface area contributed by atoms with Crippen LogP contribution in [0.5, 0.6) is 0 Å². The number of hydrogen-bond donors (Lipinski definition) is 1. The molecule has 4 nitrogen and oxygen atoms in total. The Morgan fingerprint density at radius 2 is 1.83 bits per heavy atom. The van der Waals surface area contributed by atoms with Crippen LogP contribution in [-0.2, 0) is 21.9 Å². The Hall–Kier alpha value is -1.98. The van der Waals surface area contributed by atoms with Crippen molar-refractivity contribution in [1.29, 1.82) is 0 Å². The third kappa shape index (κ3) is 8.41. The van der Waals surface area contributed by atoms with Crippen LogP contribution in [-0.4, -0.2) is 35.1 Å². The SMILES string of the molecule is CCCCNC(=O)[C@@H](C)N(Cc1cccc(Cl)c1)C(=O)CCSCc1ccccc1. The fourth-order valence-corrected chi connectivity index (χ4v) is 4.12. The Morgan fingerprint density at radius 1 is 1.10 bits per heavy atom. The molecule has 0 saturated carbocycles. The molecule has 0 spiro atoms. The number of halogens is 1. The lowest BCUT2D eigenvalue weighted by atomic mass is 10.1. The van der Waals surface area contributed by atoms with Crippen LogP contribution in [0.3, 0.4) is 0 Å². The van der Waals surface area contributed by atoms with E-state index in [1.807, 2.05) is 36.4 Å². The van der Waals surface area contributed by atoms with E-state index in [1.165, 1.54) is 5.56 Å². The minimum atomic E-state index is -0.535. The topological polar surface area (TPSA) is 49.4 Å². The zero-order valence-electron chi connectivity index (χ0n) is 17.8. The van der Waals surface area contributed by atoms with E-state index in [2.05, 4.69) is 24.4 Å². The first-order valence-electron chi connectivity index (χ1n) is 10.4. The van der Waals surface area contributed by atoms with E-state index >= 15 is 0 Å². The van der Waals surface area contributed by atoms with Crippen LogP contribution in [0.25, 0.3) is 0 Å². The molecular formula is C24H31ClN2O2S. The standard InChI is InChI=1S/C24H31ClN2O2S/c1-3-4-14-26-24(29)19(2)27(17-21-11-8-12-22(25)16-21)23(28)13-15-30-18-20-9-6-5-7-10-20/h5-12,16,19H,3-4,13-15,17-18H2,1-2H3,(H,26,29)/t19-/m1/s1. The van der Waals surface area contributed by atoms with Gasteiger partial charge in [-0.15, -0.1) is 0 Å². The average molecular weight is 447 g/mol. The van der Waals surface area contributed by atoms with Crippen molar-refractivity contribution in [2.24, 2.45) is 0 Å². The van der Waals surface area contributed by atoms with Gasteiger partial charge in [-0.25, -0.2) is 0 Å². The van der Waals surface area contributed by atoms with Gasteiger partial charge in [-0.05, 0) is 36.6 Å². The summed E-state index contributed by atoms with van der Waals surface area (Å²) in [5.74, 6) is 1.45. The summed E-state index contributed by atoms with van der Waals surface area (Å²) < 4.78 is 0. The number of unbranched alkanes of at least 4 members (excludes halogenated alkanes) is 1. The van der Waals surface area contributed by atoms with E-state index in [9.17, 15) is 9.59 Å². The molecule has 0 aliphatic heterocycles. The smallest absolute Gasteiger partial charge is 0.242 e. The van der Waals surface area contributed by atoms with E-state index < -0.39 is 6.04 Å². The quantitative estimate of drug-likeness (QED) is 0.450. The molecule has 0 unspecified atom stereocenters. The Kier molecular flexibility index (Phi) is 10.8. The molecule has 0 aliphatic rings. The van der Waals surface area contributed by atoms with E-state index in [0.29, 0.717) is 30.3 Å². The van der Waals surface area contributed by atoms with Gasteiger partial charge in [0.05, 0.1) is 0 Å². The van der Waals surface area contributed by atoms with Crippen LogP contribution in [0.1, 0.15) is 44.2 Å². The molecule has 0 aliphatic carbocycles. The highest BCUT2D eigenvalue weighted by atomic mass is 35.5. The monoisotopic (exact) mass is 446 g/mol. The maximum absolute atomic E-state index is 13.0. The summed E-state index contributed by atoms with van der Waals surface area (Å²) >= 11 is 7.84. The van der Waals surface area contributed by atoms with Crippen LogP contribution < -0.4 is 5.32 Å². The zero-order chi connectivity index (χ0) is 21.8. The molecule has 0 aromatic heterocycles. The Morgan fingerprint density at radius 3 is 2.53 bits per heavy atom. The van der Waals surface area contributed by atoms with Crippen molar-refractivity contribution < 1.29 is 9.59 Å². The average Bonchev–Trinajstić information content (AvgIpc) is 2.75. The van der Waals surface area contributed by atoms with Crippen LogP contribution in [0.15, 0.2) is 54.6 Å². The van der Waals surface area contributed by atoms with Gasteiger partial charge in [0.1, 0.15) is 6.04 Å². The first-order valence-corrected chi connectivity index (χ1v) is 12.0. The van der Waals surface area contributed by atoms with Gasteiger partial charge in [-0.1, -0.05) is 67.4 Å². The largest absolute Gasteiger partial charge is 0.354 e. The molecule has 2 aromatic carbocycles. The first-order chi connectivity index (χ1) is 14.5. The van der Waals surface area contributed by atoms with Crippen molar-refractivity contribution >= 4 is 35.2 Å². The highest BCUT2D eigenvalue weighted by Gasteiger charge is 2.25. The lowest BCUT2D eigenvalue weighted by Gasteiger charge is -2.29. The Balaban J connectivity index is 1.97. The van der Waals surface area contributed by atoms with E-state index in [1.54, 1.807) is 29.7 Å². The summed E-state index contributed by atoms with van der Waals surface area (Å²) in [6.07, 6.45) is 2.33. The van der Waals surface area contributed by atoms with Gasteiger partial charge in [0.2, 0.25) is 11.8 Å². The first kappa shape index (κ1) is 24.3. The van der Waals surface area contributed by atoms with Crippen LogP contribution in [0, 0.1) is 0 Å². The molecule has 0 bridgehead atoms. The number of carbonyl (C=O) groups excluding carboxylic acids is 2. The van der Waals surface area contributed by atoms with Crippen molar-refractivity contribution in [3.63, 3.8) is 0 Å². The number of thioether (sulfide) groups is 1. The van der Waals surface area contributed by atoms with Gasteiger partial charge in [-0.3, -0.25) is 9.59 Å². The number of nitrogens with zero attached hydrogens (tertiary/aromatic N) is 1. The molecule has 0 heterocycles. The highest BCUT2D eigenvalue weighted by molar-refractivity contribution is 7.98. The third-order valence-corrected chi connectivity index (χ3v) is 6.08. The molecule has 2 amide bonds. The second-order valence-electron chi connectivity index (χ2n) is 7.26. The lowest BCUT2D eigenvalue weighted by Crippen LogP contribution is -2.47. The van der Waals surface area contributed by atoms with Gasteiger partial charge < -0.3 is 10.2 Å². The molecule has 1 atom stereocenters. The zero-order valence-corrected chi connectivity index (χ0v) is 19.3. The summed E-state index contributed by atoms with van der Waals surface area (Å²) in [7, 11) is 0. The van der Waals surface area contributed by atoms with Gasteiger partial charge in [0, 0.05) is 36.0 Å². The molecule has 162 valence electrons. The number of nitrogens with one attached hydrogen (secondary N) is 1. The number of amides is 2. The summed E-state index contributed by atoms with van der Waals surface area (Å²) in [4.78, 5) is 27.3. The van der Waals surface area contributed by atoms with Crippen LogP contribution >= 0.6 is 23.4 Å². The van der Waals surface area contributed by atoms with Gasteiger partial charge in [-0.2, -0.15) is 11.8 Å². The number of benzene rings is 2. The van der Waals surface area contributed by atoms with Gasteiger partial charge in [0.15, 0.2) is 0 Å². The van der Waals surface area contributed by atoms with Gasteiger partial charge in [0.25, 0.3) is 0 Å². The summed E-state index contributed by atoms with van der Waals surface area (Å²) in [5.41, 5.74) is 2.16. The van der Waals surface area contributed by atoms with Crippen molar-refractivity contribution in [3.05, 3.63) is 70.7 Å². The number of hydrogen-bond acceptors (Lipinski definition) is 3. The molecule has 1 N–H and O–H groups in total. The van der Waals surface area contributed by atoms with E-state index in [4.69, 9.17) is 11.6 Å². The highest BCUT2D eigenvalue weighted by Crippen LogP contribution is 2.17. The summed E-state index contributed by atoms with van der Waals surface area (Å²) in [6.45, 7) is 4.87. The van der Waals surface area contributed by atoms with Crippen molar-refractivity contribution in [3.8, 4) is 0 Å². The second-order valence-corrected chi connectivity index (χ2v) is 8.80. The fraction of sp³-hybridized carbons (Fsp3) is 0.417. The molecule has 30 heavy (non-hydrogen) atoms. The molecule has 0 fully saturated rings. The minimum Gasteiger partial charge on any atom is -0.354 e. The van der Waals surface area contributed by atoms with Crippen LogP contribution in [0.2, 0.25) is 5.02 Å². The summed E-state index contributed by atoms with van der Waals surface area (Å²) in [5, 5.41) is 3.56. The van der Waals surface area contributed by atoms with Crippen LogP contribution in [0.4, 0.5) is 0 Å². The lowest BCUT2D eigenvalue weighted by molar-refractivity contribution is -0.140. The Bertz CT molecular complexity index is 801. The van der Waals surface area contributed by atoms with Crippen molar-refractivity contribution in [1.82, 2.24) is 10.2 Å². The maximum Gasteiger partial charge on any atom is 0.242 e. The minimum absolute atomic E-state index is 0.0197. The molecule has 0 saturated heterocycles. The maximum atomic E-state index is 13.0. The number of rotatable bonds is 12. The predicted molar refractivity (Wildman–Crippen MR) is 127 cm³/mol. The van der Waals surface area contributed by atoms with Crippen molar-refractivity contribution in [2.75, 3.05) is 12.3 Å². The molecule has 2 aromatic rings.